The summed E-state index contributed by atoms with van der Waals surface area (Å²) < 4.78 is 13.2. The molecule has 1 amide bonds. The molecule has 1 aliphatic rings. The van der Waals surface area contributed by atoms with Crippen molar-refractivity contribution in [1.82, 2.24) is 4.90 Å². The Morgan fingerprint density at radius 2 is 1.58 bits per heavy atom. The summed E-state index contributed by atoms with van der Waals surface area (Å²) in [6, 6.07) is 25.2. The molecule has 160 valence electrons. The van der Waals surface area contributed by atoms with Crippen molar-refractivity contribution in [1.29, 1.82) is 0 Å². The topological polar surface area (TPSA) is 23.6 Å². The van der Waals surface area contributed by atoms with Crippen molar-refractivity contribution in [3.05, 3.63) is 101 Å². The number of carbonyl (C=O) groups is 1. The van der Waals surface area contributed by atoms with Gasteiger partial charge in [0.05, 0.1) is 6.54 Å². The van der Waals surface area contributed by atoms with Crippen LogP contribution in [0.15, 0.2) is 78.9 Å². The van der Waals surface area contributed by atoms with Gasteiger partial charge >= 0.3 is 0 Å². The van der Waals surface area contributed by atoms with Crippen LogP contribution in [0.1, 0.15) is 42.4 Å². The summed E-state index contributed by atoms with van der Waals surface area (Å²) in [7, 11) is 0. The van der Waals surface area contributed by atoms with Gasteiger partial charge in [-0.05, 0) is 72.8 Å². The number of halogens is 1. The lowest BCUT2D eigenvalue weighted by molar-refractivity contribution is -0.116. The molecule has 0 atom stereocenters. The average Bonchev–Trinajstić information content (AvgIpc) is 2.80. The predicted octanol–water partition coefficient (Wildman–Crippen LogP) is 5.76. The van der Waals surface area contributed by atoms with Gasteiger partial charge in [0.15, 0.2) is 0 Å². The minimum atomic E-state index is -0.186. The van der Waals surface area contributed by atoms with Gasteiger partial charge in [-0.1, -0.05) is 54.6 Å². The third kappa shape index (κ3) is 5.39. The molecule has 31 heavy (non-hydrogen) atoms. The number of benzene rings is 3. The highest BCUT2D eigenvalue weighted by Gasteiger charge is 2.23. The highest BCUT2D eigenvalue weighted by Crippen LogP contribution is 2.32. The molecule has 0 spiro atoms. The lowest BCUT2D eigenvalue weighted by Crippen LogP contribution is -2.33. The Kier molecular flexibility index (Phi) is 6.78. The Morgan fingerprint density at radius 3 is 2.26 bits per heavy atom. The molecule has 3 aromatic carbocycles. The summed E-state index contributed by atoms with van der Waals surface area (Å²) in [4.78, 5) is 16.7. The molecule has 3 nitrogen and oxygen atoms in total. The third-order valence-corrected chi connectivity index (χ3v) is 6.18. The van der Waals surface area contributed by atoms with Crippen LogP contribution in [0.25, 0.3) is 0 Å². The number of amides is 1. The van der Waals surface area contributed by atoms with Gasteiger partial charge in [0.1, 0.15) is 5.82 Å². The van der Waals surface area contributed by atoms with Crippen molar-refractivity contribution in [2.24, 2.45) is 0 Å². The second-order valence-corrected chi connectivity index (χ2v) is 8.32. The zero-order valence-corrected chi connectivity index (χ0v) is 18.0. The zero-order valence-electron chi connectivity index (χ0n) is 18.0. The Labute approximate surface area is 184 Å². The van der Waals surface area contributed by atoms with Crippen LogP contribution in [0.4, 0.5) is 10.1 Å². The zero-order chi connectivity index (χ0) is 21.6. The van der Waals surface area contributed by atoms with Crippen molar-refractivity contribution in [3.63, 3.8) is 0 Å². The van der Waals surface area contributed by atoms with E-state index < -0.39 is 0 Å². The summed E-state index contributed by atoms with van der Waals surface area (Å²) >= 11 is 0. The maximum Gasteiger partial charge on any atom is 0.224 e. The molecule has 0 bridgehead atoms. The monoisotopic (exact) mass is 416 g/mol. The van der Waals surface area contributed by atoms with Crippen LogP contribution in [0.2, 0.25) is 0 Å². The first-order valence-electron chi connectivity index (χ1n) is 11.0. The van der Waals surface area contributed by atoms with Gasteiger partial charge < -0.3 is 4.90 Å². The van der Waals surface area contributed by atoms with Gasteiger partial charge in [0.2, 0.25) is 5.91 Å². The SMILES string of the molecule is CC(=O)N(Cc1ccccc1C1CCN(Cc2ccc(F)cc2)CC1)c1ccccc1. The highest BCUT2D eigenvalue weighted by atomic mass is 19.1. The fourth-order valence-corrected chi connectivity index (χ4v) is 4.49. The molecule has 0 unspecified atom stereocenters. The first kappa shape index (κ1) is 21.3. The van der Waals surface area contributed by atoms with E-state index in [0.29, 0.717) is 12.5 Å². The molecule has 0 aromatic heterocycles. The number of likely N-dealkylation sites (tertiary alicyclic amines) is 1. The van der Waals surface area contributed by atoms with Gasteiger partial charge in [-0.2, -0.15) is 0 Å². The smallest absolute Gasteiger partial charge is 0.224 e. The van der Waals surface area contributed by atoms with Gasteiger partial charge in [0, 0.05) is 19.2 Å². The summed E-state index contributed by atoms with van der Waals surface area (Å²) in [6.07, 6.45) is 2.17. The van der Waals surface area contributed by atoms with E-state index in [-0.39, 0.29) is 11.7 Å². The van der Waals surface area contributed by atoms with E-state index in [2.05, 4.69) is 29.2 Å². The Balaban J connectivity index is 1.44. The minimum Gasteiger partial charge on any atom is -0.308 e. The summed E-state index contributed by atoms with van der Waals surface area (Å²) in [6.45, 7) is 5.12. The van der Waals surface area contributed by atoms with Crippen LogP contribution in [0.5, 0.6) is 0 Å². The van der Waals surface area contributed by atoms with Crippen molar-refractivity contribution in [3.8, 4) is 0 Å². The third-order valence-electron chi connectivity index (χ3n) is 6.18. The van der Waals surface area contributed by atoms with Crippen LogP contribution < -0.4 is 4.90 Å². The normalized spacial score (nSPS) is 15.0. The van der Waals surface area contributed by atoms with Crippen LogP contribution in [-0.4, -0.2) is 23.9 Å². The van der Waals surface area contributed by atoms with Crippen molar-refractivity contribution < 1.29 is 9.18 Å². The lowest BCUT2D eigenvalue weighted by Gasteiger charge is -2.33. The summed E-state index contributed by atoms with van der Waals surface area (Å²) in [5.74, 6) is 0.356. The minimum absolute atomic E-state index is 0.0510. The van der Waals surface area contributed by atoms with E-state index in [1.54, 1.807) is 6.92 Å². The molecule has 1 saturated heterocycles. The Morgan fingerprint density at radius 1 is 0.935 bits per heavy atom. The van der Waals surface area contributed by atoms with Gasteiger partial charge in [-0.25, -0.2) is 4.39 Å². The fourth-order valence-electron chi connectivity index (χ4n) is 4.49. The molecule has 1 fully saturated rings. The van der Waals surface area contributed by atoms with E-state index >= 15 is 0 Å². The van der Waals surface area contributed by atoms with E-state index in [1.807, 2.05) is 47.4 Å². The Hall–Kier alpha value is -2.98. The second-order valence-electron chi connectivity index (χ2n) is 8.32. The maximum atomic E-state index is 13.2. The highest BCUT2D eigenvalue weighted by molar-refractivity contribution is 5.91. The van der Waals surface area contributed by atoms with E-state index in [0.717, 1.165) is 43.7 Å². The molecular weight excluding hydrogens is 387 g/mol. The van der Waals surface area contributed by atoms with E-state index in [1.165, 1.54) is 23.3 Å². The molecule has 3 aromatic rings. The second kappa shape index (κ2) is 9.88. The van der Waals surface area contributed by atoms with Crippen molar-refractivity contribution in [2.45, 2.75) is 38.8 Å². The van der Waals surface area contributed by atoms with E-state index in [9.17, 15) is 9.18 Å². The first-order valence-corrected chi connectivity index (χ1v) is 11.0. The molecule has 1 aliphatic heterocycles. The number of hydrogen-bond acceptors (Lipinski definition) is 2. The number of rotatable bonds is 6. The van der Waals surface area contributed by atoms with Crippen LogP contribution in [0.3, 0.4) is 0 Å². The summed E-state index contributed by atoms with van der Waals surface area (Å²) in [5.41, 5.74) is 4.66. The van der Waals surface area contributed by atoms with Gasteiger partial charge in [0.25, 0.3) is 0 Å². The number of carbonyl (C=O) groups excluding carboxylic acids is 1. The average molecular weight is 417 g/mol. The number of hydrogen-bond donors (Lipinski definition) is 0. The Bertz CT molecular complexity index is 995. The lowest BCUT2D eigenvalue weighted by atomic mass is 9.86. The largest absolute Gasteiger partial charge is 0.308 e. The molecule has 4 heteroatoms. The molecule has 4 rings (SSSR count). The van der Waals surface area contributed by atoms with Crippen molar-refractivity contribution in [2.75, 3.05) is 18.0 Å². The number of anilines is 1. The molecule has 0 radical (unpaired) electrons. The molecule has 0 saturated carbocycles. The number of para-hydroxylation sites is 1. The fraction of sp³-hybridized carbons (Fsp3) is 0.296. The standard InChI is InChI=1S/C27H29FN2O/c1-21(31)30(26-8-3-2-4-9-26)20-24-7-5-6-10-27(24)23-15-17-29(18-16-23)19-22-11-13-25(28)14-12-22/h2-14,23H,15-20H2,1H3. The maximum absolute atomic E-state index is 13.2. The summed E-state index contributed by atoms with van der Waals surface area (Å²) in [5, 5.41) is 0. The van der Waals surface area contributed by atoms with Crippen LogP contribution in [-0.2, 0) is 17.9 Å². The van der Waals surface area contributed by atoms with Crippen LogP contribution in [0, 0.1) is 5.82 Å². The quantitative estimate of drug-likeness (QED) is 0.510. The number of piperidine rings is 1. The molecular formula is C27H29FN2O. The van der Waals surface area contributed by atoms with Gasteiger partial charge in [-0.3, -0.25) is 9.69 Å². The molecule has 0 aliphatic carbocycles. The number of nitrogens with zero attached hydrogens (tertiary/aromatic N) is 2. The van der Waals surface area contributed by atoms with E-state index in [4.69, 9.17) is 0 Å². The van der Waals surface area contributed by atoms with Gasteiger partial charge in [-0.15, -0.1) is 0 Å². The van der Waals surface area contributed by atoms with Crippen LogP contribution >= 0.6 is 0 Å². The van der Waals surface area contributed by atoms with Crippen molar-refractivity contribution >= 4 is 11.6 Å². The first-order chi connectivity index (χ1) is 15.1. The molecule has 0 N–H and O–H groups in total. The molecule has 1 heterocycles. The predicted molar refractivity (Wildman–Crippen MR) is 123 cm³/mol.